The predicted molar refractivity (Wildman–Crippen MR) is 124 cm³/mol. The number of carbonyl (C=O) groups is 1. The van der Waals surface area contributed by atoms with E-state index in [0.29, 0.717) is 16.0 Å². The number of nitrogens with zero attached hydrogens (tertiary/aromatic N) is 2. The summed E-state index contributed by atoms with van der Waals surface area (Å²) in [7, 11) is 0. The average Bonchev–Trinajstić information content (AvgIpc) is 3.36. The molecular weight excluding hydrogens is 432 g/mol. The topological polar surface area (TPSA) is 80.0 Å². The van der Waals surface area contributed by atoms with Gasteiger partial charge in [-0.1, -0.05) is 29.8 Å². The molecular formula is C23H21ClN4O2S. The Kier molecular flexibility index (Phi) is 6.06. The van der Waals surface area contributed by atoms with Crippen molar-refractivity contribution in [3.8, 4) is 0 Å². The van der Waals surface area contributed by atoms with Crippen molar-refractivity contribution in [2.45, 2.75) is 26.8 Å². The van der Waals surface area contributed by atoms with Crippen molar-refractivity contribution in [2.75, 3.05) is 10.6 Å². The summed E-state index contributed by atoms with van der Waals surface area (Å²) in [5, 5.41) is 7.71. The van der Waals surface area contributed by atoms with Crippen molar-refractivity contribution < 1.29 is 9.21 Å². The third kappa shape index (κ3) is 4.78. The molecule has 1 atom stereocenters. The van der Waals surface area contributed by atoms with Crippen LogP contribution < -0.4 is 10.6 Å². The number of thiophene rings is 1. The molecule has 0 saturated carbocycles. The molecule has 31 heavy (non-hydrogen) atoms. The number of aryl methyl sites for hydroxylation is 3. The largest absolute Gasteiger partial charge is 0.459 e. The molecule has 0 aliphatic carbocycles. The molecule has 0 spiro atoms. The van der Waals surface area contributed by atoms with Crippen LogP contribution in [0.5, 0.6) is 0 Å². The van der Waals surface area contributed by atoms with E-state index in [0.717, 1.165) is 27.4 Å². The van der Waals surface area contributed by atoms with E-state index in [1.165, 1.54) is 17.6 Å². The Hall–Kier alpha value is -3.16. The third-order valence-corrected chi connectivity index (χ3v) is 5.96. The van der Waals surface area contributed by atoms with Crippen molar-refractivity contribution in [1.82, 2.24) is 9.97 Å². The Morgan fingerprint density at radius 1 is 1.03 bits per heavy atom. The molecule has 0 unspecified atom stereocenters. The van der Waals surface area contributed by atoms with E-state index in [2.05, 4.69) is 20.6 Å². The van der Waals surface area contributed by atoms with E-state index >= 15 is 0 Å². The van der Waals surface area contributed by atoms with Crippen LogP contribution in [0.15, 0.2) is 59.2 Å². The van der Waals surface area contributed by atoms with E-state index in [9.17, 15) is 4.79 Å². The molecule has 8 heteroatoms. The average molecular weight is 453 g/mol. The van der Waals surface area contributed by atoms with Gasteiger partial charge in [-0.15, -0.1) is 11.3 Å². The van der Waals surface area contributed by atoms with Crippen LogP contribution in [-0.4, -0.2) is 15.9 Å². The molecule has 0 aliphatic rings. The van der Waals surface area contributed by atoms with Gasteiger partial charge >= 0.3 is 0 Å². The van der Waals surface area contributed by atoms with Gasteiger partial charge in [-0.2, -0.15) is 0 Å². The van der Waals surface area contributed by atoms with Gasteiger partial charge in [-0.05, 0) is 56.7 Å². The standard InChI is InChI=1S/C23H21ClN4O2S/c1-13-11-14(2)26-23(25-13)27-20(16-7-4-5-8-18(16)24)17-12-15(3)31-22(17)28-21(29)19-9-6-10-30-19/h4-12,20H,1-3H3,(H,28,29)(H,25,26,27)/t20-/m1/s1. The highest BCUT2D eigenvalue weighted by molar-refractivity contribution is 7.16. The van der Waals surface area contributed by atoms with Crippen molar-refractivity contribution in [1.29, 1.82) is 0 Å². The molecule has 3 heterocycles. The van der Waals surface area contributed by atoms with Crippen LogP contribution in [0.4, 0.5) is 10.9 Å². The first-order chi connectivity index (χ1) is 14.9. The summed E-state index contributed by atoms with van der Waals surface area (Å²) in [6.45, 7) is 5.84. The SMILES string of the molecule is Cc1cc(C)nc(N[C@H](c2ccccc2Cl)c2cc(C)sc2NC(=O)c2ccco2)n1. The number of hydrogen-bond donors (Lipinski definition) is 2. The number of hydrogen-bond acceptors (Lipinski definition) is 6. The van der Waals surface area contributed by atoms with Gasteiger partial charge in [0.1, 0.15) is 5.00 Å². The molecule has 0 aliphatic heterocycles. The second-order valence-electron chi connectivity index (χ2n) is 7.15. The Bertz CT molecular complexity index is 1200. The molecule has 0 radical (unpaired) electrons. The van der Waals surface area contributed by atoms with Crippen LogP contribution in [0.25, 0.3) is 0 Å². The minimum absolute atomic E-state index is 0.247. The molecule has 1 amide bonds. The quantitative estimate of drug-likeness (QED) is 0.366. The number of carbonyl (C=O) groups excluding carboxylic acids is 1. The smallest absolute Gasteiger partial charge is 0.291 e. The number of nitrogens with one attached hydrogen (secondary N) is 2. The molecule has 2 N–H and O–H groups in total. The Morgan fingerprint density at radius 3 is 2.45 bits per heavy atom. The van der Waals surface area contributed by atoms with Gasteiger partial charge in [-0.25, -0.2) is 9.97 Å². The van der Waals surface area contributed by atoms with Crippen LogP contribution in [0.2, 0.25) is 5.02 Å². The van der Waals surface area contributed by atoms with Crippen LogP contribution in [0.3, 0.4) is 0 Å². The van der Waals surface area contributed by atoms with Gasteiger partial charge in [-0.3, -0.25) is 4.79 Å². The summed E-state index contributed by atoms with van der Waals surface area (Å²) in [6, 6.07) is 14.5. The molecule has 0 bridgehead atoms. The highest BCUT2D eigenvalue weighted by atomic mass is 35.5. The number of furan rings is 1. The van der Waals surface area contributed by atoms with Crippen LogP contribution >= 0.6 is 22.9 Å². The third-order valence-electron chi connectivity index (χ3n) is 4.64. The summed E-state index contributed by atoms with van der Waals surface area (Å²) < 4.78 is 5.24. The van der Waals surface area contributed by atoms with E-state index in [1.807, 2.05) is 57.2 Å². The lowest BCUT2D eigenvalue weighted by Crippen LogP contribution is -2.18. The molecule has 6 nitrogen and oxygen atoms in total. The zero-order chi connectivity index (χ0) is 22.0. The Morgan fingerprint density at radius 2 is 1.77 bits per heavy atom. The first-order valence-corrected chi connectivity index (χ1v) is 10.9. The first kappa shape index (κ1) is 21.1. The fourth-order valence-corrected chi connectivity index (χ4v) is 4.56. The van der Waals surface area contributed by atoms with Crippen molar-refractivity contribution in [3.05, 3.63) is 93.0 Å². The van der Waals surface area contributed by atoms with Crippen LogP contribution in [0.1, 0.15) is 44.0 Å². The van der Waals surface area contributed by atoms with Gasteiger partial charge in [0.25, 0.3) is 5.91 Å². The molecule has 158 valence electrons. The van der Waals surface area contributed by atoms with Crippen molar-refractivity contribution in [3.63, 3.8) is 0 Å². The number of anilines is 2. The van der Waals surface area contributed by atoms with Gasteiger partial charge in [0.15, 0.2) is 5.76 Å². The minimum Gasteiger partial charge on any atom is -0.459 e. The summed E-state index contributed by atoms with van der Waals surface area (Å²) in [4.78, 5) is 22.7. The second-order valence-corrected chi connectivity index (χ2v) is 8.81. The van der Waals surface area contributed by atoms with Crippen LogP contribution in [-0.2, 0) is 0 Å². The maximum Gasteiger partial charge on any atom is 0.291 e. The van der Waals surface area contributed by atoms with Gasteiger partial charge in [0, 0.05) is 26.9 Å². The molecule has 1 aromatic carbocycles. The zero-order valence-electron chi connectivity index (χ0n) is 17.3. The van der Waals surface area contributed by atoms with Gasteiger partial charge in [0.2, 0.25) is 5.95 Å². The number of amides is 1. The predicted octanol–water partition coefficient (Wildman–Crippen LogP) is 6.16. The Labute approximate surface area is 189 Å². The maximum atomic E-state index is 12.6. The lowest BCUT2D eigenvalue weighted by Gasteiger charge is -2.21. The fraction of sp³-hybridized carbons (Fsp3) is 0.174. The summed E-state index contributed by atoms with van der Waals surface area (Å²) in [5.74, 6) is 0.431. The summed E-state index contributed by atoms with van der Waals surface area (Å²) in [6.07, 6.45) is 1.47. The number of halogens is 1. The fourth-order valence-electron chi connectivity index (χ4n) is 3.37. The highest BCUT2D eigenvalue weighted by Gasteiger charge is 2.24. The van der Waals surface area contributed by atoms with E-state index in [1.54, 1.807) is 12.1 Å². The second kappa shape index (κ2) is 8.91. The van der Waals surface area contributed by atoms with E-state index < -0.39 is 0 Å². The lowest BCUT2D eigenvalue weighted by molar-refractivity contribution is 0.0997. The summed E-state index contributed by atoms with van der Waals surface area (Å²) >= 11 is 8.05. The zero-order valence-corrected chi connectivity index (χ0v) is 18.8. The van der Waals surface area contributed by atoms with E-state index in [4.69, 9.17) is 16.0 Å². The monoisotopic (exact) mass is 452 g/mol. The van der Waals surface area contributed by atoms with Crippen LogP contribution in [0, 0.1) is 20.8 Å². The van der Waals surface area contributed by atoms with Crippen molar-refractivity contribution >= 4 is 39.8 Å². The number of aromatic nitrogens is 2. The number of benzene rings is 1. The molecule has 0 fully saturated rings. The lowest BCUT2D eigenvalue weighted by atomic mass is 10.00. The minimum atomic E-state index is -0.369. The molecule has 4 aromatic rings. The highest BCUT2D eigenvalue weighted by Crippen LogP contribution is 2.39. The Balaban J connectivity index is 1.77. The summed E-state index contributed by atoms with van der Waals surface area (Å²) in [5.41, 5.74) is 3.46. The van der Waals surface area contributed by atoms with Crippen molar-refractivity contribution in [2.24, 2.45) is 0 Å². The number of rotatable bonds is 6. The molecule has 4 rings (SSSR count). The normalized spacial score (nSPS) is 11.9. The first-order valence-electron chi connectivity index (χ1n) is 9.69. The van der Waals surface area contributed by atoms with Gasteiger partial charge < -0.3 is 15.1 Å². The molecule has 0 saturated heterocycles. The van der Waals surface area contributed by atoms with Gasteiger partial charge in [0.05, 0.1) is 12.3 Å². The maximum absolute atomic E-state index is 12.6. The molecule has 3 aromatic heterocycles. The van der Waals surface area contributed by atoms with E-state index in [-0.39, 0.29) is 17.7 Å².